The van der Waals surface area contributed by atoms with Crippen molar-refractivity contribution < 1.29 is 13.2 Å². The van der Waals surface area contributed by atoms with Gasteiger partial charge < -0.3 is 9.64 Å². The number of pyridine rings is 1. The number of anilines is 1. The van der Waals surface area contributed by atoms with Gasteiger partial charge in [0.2, 0.25) is 0 Å². The summed E-state index contributed by atoms with van der Waals surface area (Å²) < 4.78 is 32.5. The van der Waals surface area contributed by atoms with Gasteiger partial charge in [0.1, 0.15) is 5.82 Å². The van der Waals surface area contributed by atoms with Crippen molar-refractivity contribution in [3.63, 3.8) is 0 Å². The molecule has 9 nitrogen and oxygen atoms in total. The molecule has 4 heterocycles. The zero-order valence-electron chi connectivity index (χ0n) is 17.3. The Morgan fingerprint density at radius 2 is 2.10 bits per heavy atom. The third-order valence-corrected chi connectivity index (χ3v) is 7.31. The minimum Gasteiger partial charge on any atom is -0.377 e. The molecule has 31 heavy (non-hydrogen) atoms. The Kier molecular flexibility index (Phi) is 4.90. The van der Waals surface area contributed by atoms with E-state index < -0.39 is 15.1 Å². The van der Waals surface area contributed by atoms with Gasteiger partial charge in [0.15, 0.2) is 21.3 Å². The fourth-order valence-corrected chi connectivity index (χ4v) is 5.47. The van der Waals surface area contributed by atoms with Gasteiger partial charge in [0, 0.05) is 30.2 Å². The molecular weight excluding hydrogens is 416 g/mol. The van der Waals surface area contributed by atoms with E-state index in [0.717, 1.165) is 16.8 Å². The summed E-state index contributed by atoms with van der Waals surface area (Å²) in [7, 11) is -3.31. The van der Waals surface area contributed by atoms with Crippen LogP contribution in [-0.2, 0) is 14.6 Å². The lowest BCUT2D eigenvalue weighted by atomic mass is 9.90. The van der Waals surface area contributed by atoms with E-state index in [4.69, 9.17) is 9.72 Å². The molecule has 162 valence electrons. The van der Waals surface area contributed by atoms with Gasteiger partial charge in [-0.3, -0.25) is 5.10 Å². The SMILES string of the molecule is C[C@@H]1COCCN1c1cc(C2C=CC=CC2S(C)(=O)=O)c2cnn(-c3ccn[nH]3)c2n1. The van der Waals surface area contributed by atoms with Gasteiger partial charge in [-0.1, -0.05) is 24.3 Å². The number of aromatic nitrogens is 5. The van der Waals surface area contributed by atoms with Crippen LogP contribution in [-0.4, -0.2) is 70.7 Å². The molecule has 1 saturated heterocycles. The van der Waals surface area contributed by atoms with Gasteiger partial charge in [-0.15, -0.1) is 0 Å². The van der Waals surface area contributed by atoms with E-state index in [1.165, 1.54) is 6.26 Å². The minimum absolute atomic E-state index is 0.155. The van der Waals surface area contributed by atoms with Crippen LogP contribution in [0.4, 0.5) is 5.82 Å². The summed E-state index contributed by atoms with van der Waals surface area (Å²) in [4.78, 5) is 7.14. The summed E-state index contributed by atoms with van der Waals surface area (Å²) in [5.41, 5.74) is 1.55. The molecule has 3 aromatic heterocycles. The van der Waals surface area contributed by atoms with Crippen LogP contribution in [0, 0.1) is 0 Å². The van der Waals surface area contributed by atoms with Gasteiger partial charge in [-0.05, 0) is 18.6 Å². The monoisotopic (exact) mass is 440 g/mol. The molecule has 1 aliphatic carbocycles. The molecule has 0 aromatic carbocycles. The molecule has 5 rings (SSSR count). The van der Waals surface area contributed by atoms with E-state index in [-0.39, 0.29) is 12.0 Å². The standard InChI is InChI=1S/C21H24N6O3S/c1-14-13-30-10-9-26(14)20-11-16(15-5-3-4-6-18(15)31(2,28)29)17-12-23-27(21(17)24-20)19-7-8-22-25-19/h3-8,11-12,14-15,18H,9-10,13H2,1-2H3,(H,22,25)/t14-,15?,18?/m1/s1. The summed E-state index contributed by atoms with van der Waals surface area (Å²) in [5.74, 6) is 1.15. The second-order valence-corrected chi connectivity index (χ2v) is 10.2. The first kappa shape index (κ1) is 20.0. The van der Waals surface area contributed by atoms with Gasteiger partial charge in [-0.25, -0.2) is 13.4 Å². The van der Waals surface area contributed by atoms with Crippen LogP contribution in [0.5, 0.6) is 0 Å². The fraction of sp³-hybridized carbons (Fsp3) is 0.381. The number of ether oxygens (including phenoxy) is 1. The van der Waals surface area contributed by atoms with Crippen molar-refractivity contribution in [2.45, 2.75) is 24.1 Å². The quantitative estimate of drug-likeness (QED) is 0.661. The number of fused-ring (bicyclic) bond motifs is 1. The van der Waals surface area contributed by atoms with Crippen molar-refractivity contribution in [3.8, 4) is 5.82 Å². The Hall–Kier alpha value is -2.98. The van der Waals surface area contributed by atoms with Gasteiger partial charge in [0.05, 0.1) is 36.9 Å². The third kappa shape index (κ3) is 3.55. The number of aromatic amines is 1. The predicted molar refractivity (Wildman–Crippen MR) is 118 cm³/mol. The number of morpholine rings is 1. The van der Waals surface area contributed by atoms with Crippen LogP contribution in [0.15, 0.2) is 48.8 Å². The summed E-state index contributed by atoms with van der Waals surface area (Å²) >= 11 is 0. The molecule has 0 spiro atoms. The highest BCUT2D eigenvalue weighted by Gasteiger charge is 2.32. The van der Waals surface area contributed by atoms with Crippen molar-refractivity contribution >= 4 is 26.7 Å². The average Bonchev–Trinajstić information content (AvgIpc) is 3.42. The number of nitrogens with one attached hydrogen (secondary N) is 1. The Bertz CT molecular complexity index is 1260. The lowest BCUT2D eigenvalue weighted by Gasteiger charge is -2.35. The molecule has 10 heteroatoms. The zero-order chi connectivity index (χ0) is 21.6. The molecule has 1 N–H and O–H groups in total. The van der Waals surface area contributed by atoms with Crippen molar-refractivity contribution in [2.75, 3.05) is 30.9 Å². The Morgan fingerprint density at radius 1 is 1.26 bits per heavy atom. The highest BCUT2D eigenvalue weighted by Crippen LogP contribution is 2.36. The molecule has 3 aromatic rings. The van der Waals surface area contributed by atoms with E-state index in [0.29, 0.717) is 31.2 Å². The van der Waals surface area contributed by atoms with Crippen LogP contribution in [0.1, 0.15) is 18.4 Å². The van der Waals surface area contributed by atoms with Gasteiger partial charge in [-0.2, -0.15) is 14.9 Å². The molecule has 0 radical (unpaired) electrons. The van der Waals surface area contributed by atoms with Crippen LogP contribution >= 0.6 is 0 Å². The smallest absolute Gasteiger partial charge is 0.167 e. The molecule has 0 bridgehead atoms. The van der Waals surface area contributed by atoms with E-state index in [9.17, 15) is 8.42 Å². The molecule has 2 aliphatic rings. The Balaban J connectivity index is 1.73. The Morgan fingerprint density at radius 3 is 2.84 bits per heavy atom. The summed E-state index contributed by atoms with van der Waals surface area (Å²) in [6.07, 6.45) is 12.1. The van der Waals surface area contributed by atoms with E-state index in [1.807, 2.05) is 24.3 Å². The van der Waals surface area contributed by atoms with Crippen molar-refractivity contribution in [1.29, 1.82) is 0 Å². The highest BCUT2D eigenvalue weighted by atomic mass is 32.2. The van der Waals surface area contributed by atoms with E-state index >= 15 is 0 Å². The molecule has 3 atom stereocenters. The first-order chi connectivity index (χ1) is 14.9. The third-order valence-electron chi connectivity index (χ3n) is 5.87. The fourth-order valence-electron chi connectivity index (χ4n) is 4.32. The maximum Gasteiger partial charge on any atom is 0.167 e. The summed E-state index contributed by atoms with van der Waals surface area (Å²) in [5, 5.41) is 11.7. The van der Waals surface area contributed by atoms with Crippen molar-refractivity contribution in [1.82, 2.24) is 25.0 Å². The molecule has 0 amide bonds. The Labute approximate surface area is 180 Å². The number of H-pyrrole nitrogens is 1. The second kappa shape index (κ2) is 7.61. The van der Waals surface area contributed by atoms with E-state index in [2.05, 4.69) is 27.1 Å². The summed E-state index contributed by atoms with van der Waals surface area (Å²) in [6, 6.07) is 3.98. The molecule has 2 unspecified atom stereocenters. The molecule has 0 saturated carbocycles. The first-order valence-corrected chi connectivity index (χ1v) is 12.2. The van der Waals surface area contributed by atoms with Crippen LogP contribution in [0.2, 0.25) is 0 Å². The van der Waals surface area contributed by atoms with Crippen LogP contribution in [0.25, 0.3) is 16.9 Å². The number of rotatable bonds is 4. The van der Waals surface area contributed by atoms with E-state index in [1.54, 1.807) is 29.2 Å². The number of hydrogen-bond acceptors (Lipinski definition) is 7. The minimum atomic E-state index is -3.31. The maximum atomic E-state index is 12.6. The normalized spacial score (nSPS) is 24.2. The van der Waals surface area contributed by atoms with Crippen molar-refractivity contribution in [3.05, 3.63) is 54.4 Å². The number of allylic oxidation sites excluding steroid dienone is 3. The number of sulfone groups is 1. The maximum absolute atomic E-state index is 12.6. The lowest BCUT2D eigenvalue weighted by molar-refractivity contribution is 0.0985. The zero-order valence-corrected chi connectivity index (χ0v) is 18.2. The second-order valence-electron chi connectivity index (χ2n) is 8.01. The lowest BCUT2D eigenvalue weighted by Crippen LogP contribution is -2.44. The highest BCUT2D eigenvalue weighted by molar-refractivity contribution is 7.91. The van der Waals surface area contributed by atoms with Crippen molar-refractivity contribution in [2.24, 2.45) is 0 Å². The molecule has 1 aliphatic heterocycles. The largest absolute Gasteiger partial charge is 0.377 e. The van der Waals surface area contributed by atoms with Crippen LogP contribution < -0.4 is 4.90 Å². The van der Waals surface area contributed by atoms with Gasteiger partial charge >= 0.3 is 0 Å². The first-order valence-electron chi connectivity index (χ1n) is 10.2. The molecular formula is C21H24N6O3S. The van der Waals surface area contributed by atoms with Crippen LogP contribution in [0.3, 0.4) is 0 Å². The topological polar surface area (TPSA) is 106 Å². The predicted octanol–water partition coefficient (Wildman–Crippen LogP) is 1.99. The summed E-state index contributed by atoms with van der Waals surface area (Å²) in [6.45, 7) is 4.05. The van der Waals surface area contributed by atoms with Gasteiger partial charge in [0.25, 0.3) is 0 Å². The molecule has 1 fully saturated rings. The average molecular weight is 441 g/mol. The number of hydrogen-bond donors (Lipinski definition) is 1. The number of nitrogens with zero attached hydrogens (tertiary/aromatic N) is 5.